The molecule has 0 saturated heterocycles. The second kappa shape index (κ2) is 8.31. The number of benzene rings is 1. The number of alkyl halides is 3. The van der Waals surface area contributed by atoms with Crippen molar-refractivity contribution in [1.29, 1.82) is 0 Å². The summed E-state index contributed by atoms with van der Waals surface area (Å²) in [7, 11) is 1.58. The second-order valence-corrected chi connectivity index (χ2v) is 5.21. The van der Waals surface area contributed by atoms with Crippen molar-refractivity contribution in [3.63, 3.8) is 0 Å². The summed E-state index contributed by atoms with van der Waals surface area (Å²) in [6.07, 6.45) is -3.80. The summed E-state index contributed by atoms with van der Waals surface area (Å²) >= 11 is 4.83. The van der Waals surface area contributed by atoms with Crippen LogP contribution in [-0.2, 0) is 17.5 Å². The molecule has 1 rings (SSSR count). The van der Waals surface area contributed by atoms with Crippen LogP contribution in [0.4, 0.5) is 13.2 Å². The number of nitrogens with two attached hydrogens (primary N) is 1. The minimum atomic E-state index is -4.33. The first-order chi connectivity index (χ1) is 9.82. The number of nitrogens with zero attached hydrogens (tertiary/aromatic N) is 1. The number of ether oxygens (including phenoxy) is 1. The smallest absolute Gasteiger partial charge is 0.393 e. The minimum absolute atomic E-state index is 0.390. The van der Waals surface area contributed by atoms with Gasteiger partial charge in [-0.25, -0.2) is 0 Å². The zero-order valence-corrected chi connectivity index (χ0v) is 12.6. The molecule has 0 amide bonds. The highest BCUT2D eigenvalue weighted by molar-refractivity contribution is 7.80. The van der Waals surface area contributed by atoms with Crippen molar-refractivity contribution < 1.29 is 17.9 Å². The molecular weight excluding hydrogens is 301 g/mol. The van der Waals surface area contributed by atoms with E-state index < -0.39 is 11.7 Å². The fourth-order valence-electron chi connectivity index (χ4n) is 1.86. The maximum atomic E-state index is 12.7. The maximum Gasteiger partial charge on any atom is 0.416 e. The number of hydrogen-bond acceptors (Lipinski definition) is 3. The van der Waals surface area contributed by atoms with E-state index >= 15 is 0 Å². The van der Waals surface area contributed by atoms with Gasteiger partial charge < -0.3 is 10.5 Å². The molecule has 7 heteroatoms. The molecule has 0 atom stereocenters. The monoisotopic (exact) mass is 320 g/mol. The highest BCUT2D eigenvalue weighted by atomic mass is 32.1. The van der Waals surface area contributed by atoms with E-state index in [1.807, 2.05) is 4.90 Å². The van der Waals surface area contributed by atoms with Gasteiger partial charge in [-0.05, 0) is 11.6 Å². The van der Waals surface area contributed by atoms with Crippen molar-refractivity contribution in [1.82, 2.24) is 4.90 Å². The van der Waals surface area contributed by atoms with E-state index in [9.17, 15) is 13.2 Å². The largest absolute Gasteiger partial charge is 0.416 e. The highest BCUT2D eigenvalue weighted by Gasteiger charge is 2.30. The summed E-state index contributed by atoms with van der Waals surface area (Å²) in [5.74, 6) is 0. The Kier molecular flexibility index (Phi) is 7.07. The molecule has 1 aromatic carbocycles. The summed E-state index contributed by atoms with van der Waals surface area (Å²) in [6, 6.07) is 5.33. The van der Waals surface area contributed by atoms with Gasteiger partial charge in [0.2, 0.25) is 0 Å². The molecule has 0 bridgehead atoms. The molecule has 2 N–H and O–H groups in total. The molecule has 0 spiro atoms. The summed E-state index contributed by atoms with van der Waals surface area (Å²) in [6.45, 7) is 2.09. The summed E-state index contributed by atoms with van der Waals surface area (Å²) in [5, 5.41) is 0. The molecule has 118 valence electrons. The Morgan fingerprint density at radius 1 is 1.33 bits per heavy atom. The van der Waals surface area contributed by atoms with E-state index in [-0.39, 0.29) is 0 Å². The van der Waals surface area contributed by atoms with Gasteiger partial charge in [0.05, 0.1) is 17.2 Å². The quantitative estimate of drug-likeness (QED) is 0.748. The highest BCUT2D eigenvalue weighted by Crippen LogP contribution is 2.29. The molecule has 0 aliphatic heterocycles. The van der Waals surface area contributed by atoms with Crippen molar-refractivity contribution in [3.05, 3.63) is 35.4 Å². The van der Waals surface area contributed by atoms with Gasteiger partial charge in [-0.15, -0.1) is 0 Å². The van der Waals surface area contributed by atoms with Crippen molar-refractivity contribution in [2.24, 2.45) is 5.73 Å². The van der Waals surface area contributed by atoms with Crippen LogP contribution in [0.25, 0.3) is 0 Å². The molecular formula is C14H19F3N2OS. The minimum Gasteiger partial charge on any atom is -0.393 e. The van der Waals surface area contributed by atoms with E-state index in [1.165, 1.54) is 12.1 Å². The Morgan fingerprint density at radius 2 is 2.05 bits per heavy atom. The van der Waals surface area contributed by atoms with Gasteiger partial charge in [0.1, 0.15) is 0 Å². The van der Waals surface area contributed by atoms with Crippen LogP contribution < -0.4 is 5.73 Å². The maximum absolute atomic E-state index is 12.7. The standard InChI is InChI=1S/C14H19F3N2OS/c1-20-8-7-19(6-5-13(18)21)10-11-3-2-4-12(9-11)14(15,16)17/h2-4,9H,5-8,10H2,1H3,(H2,18,21). The first-order valence-corrected chi connectivity index (χ1v) is 6.89. The molecule has 0 aliphatic carbocycles. The molecule has 0 aliphatic rings. The van der Waals surface area contributed by atoms with Crippen molar-refractivity contribution in [2.75, 3.05) is 26.8 Å². The topological polar surface area (TPSA) is 38.5 Å². The molecule has 0 heterocycles. The lowest BCUT2D eigenvalue weighted by molar-refractivity contribution is -0.137. The summed E-state index contributed by atoms with van der Waals surface area (Å²) < 4.78 is 43.1. The van der Waals surface area contributed by atoms with Gasteiger partial charge in [-0.3, -0.25) is 4.90 Å². The van der Waals surface area contributed by atoms with Gasteiger partial charge >= 0.3 is 6.18 Å². The molecule has 0 aromatic heterocycles. The number of thiocarbonyl (C=S) groups is 1. The molecule has 21 heavy (non-hydrogen) atoms. The van der Waals surface area contributed by atoms with Crippen LogP contribution in [0, 0.1) is 0 Å². The van der Waals surface area contributed by atoms with E-state index in [4.69, 9.17) is 22.7 Å². The molecule has 1 aromatic rings. The van der Waals surface area contributed by atoms with Crippen LogP contribution >= 0.6 is 12.2 Å². The molecule has 0 fully saturated rings. The third-order valence-electron chi connectivity index (χ3n) is 2.95. The Bertz CT molecular complexity index is 466. The van der Waals surface area contributed by atoms with Crippen molar-refractivity contribution >= 4 is 17.2 Å². The molecule has 0 radical (unpaired) electrons. The number of rotatable bonds is 8. The number of halogens is 3. The molecule has 0 unspecified atom stereocenters. The van der Waals surface area contributed by atoms with Crippen LogP contribution in [0.15, 0.2) is 24.3 Å². The predicted molar refractivity (Wildman–Crippen MR) is 80.0 cm³/mol. The third-order valence-corrected chi connectivity index (χ3v) is 3.15. The zero-order chi connectivity index (χ0) is 15.9. The lowest BCUT2D eigenvalue weighted by Crippen LogP contribution is -2.30. The SMILES string of the molecule is COCCN(CCC(N)=S)Cc1cccc(C(F)(F)F)c1. The zero-order valence-electron chi connectivity index (χ0n) is 11.8. The first-order valence-electron chi connectivity index (χ1n) is 6.48. The number of hydrogen-bond donors (Lipinski definition) is 1. The van der Waals surface area contributed by atoms with E-state index in [1.54, 1.807) is 13.2 Å². The van der Waals surface area contributed by atoms with Crippen LogP contribution in [0.1, 0.15) is 17.5 Å². The Hall–Kier alpha value is -1.18. The van der Waals surface area contributed by atoms with Crippen LogP contribution in [0.5, 0.6) is 0 Å². The van der Waals surface area contributed by atoms with E-state index in [0.29, 0.717) is 43.2 Å². The predicted octanol–water partition coefficient (Wildman–Crippen LogP) is 2.83. The van der Waals surface area contributed by atoms with Gasteiger partial charge in [-0.1, -0.05) is 30.4 Å². The molecule has 3 nitrogen and oxygen atoms in total. The summed E-state index contributed by atoms with van der Waals surface area (Å²) in [4.78, 5) is 2.36. The average Bonchev–Trinajstić information content (AvgIpc) is 2.41. The summed E-state index contributed by atoms with van der Waals surface area (Å²) in [5.41, 5.74) is 5.43. The first kappa shape index (κ1) is 17.9. The van der Waals surface area contributed by atoms with Crippen molar-refractivity contribution in [3.8, 4) is 0 Å². The van der Waals surface area contributed by atoms with Crippen LogP contribution in [-0.4, -0.2) is 36.7 Å². The van der Waals surface area contributed by atoms with Crippen LogP contribution in [0.3, 0.4) is 0 Å². The fourth-order valence-corrected chi connectivity index (χ4v) is 1.95. The van der Waals surface area contributed by atoms with E-state index in [2.05, 4.69) is 0 Å². The Morgan fingerprint density at radius 3 is 2.62 bits per heavy atom. The fraction of sp³-hybridized carbons (Fsp3) is 0.500. The van der Waals surface area contributed by atoms with Crippen LogP contribution in [0.2, 0.25) is 0 Å². The normalized spacial score (nSPS) is 11.9. The Balaban J connectivity index is 2.74. The second-order valence-electron chi connectivity index (χ2n) is 4.68. The van der Waals surface area contributed by atoms with Gasteiger partial charge in [0, 0.05) is 33.2 Å². The molecule has 0 saturated carbocycles. The average molecular weight is 320 g/mol. The van der Waals surface area contributed by atoms with Gasteiger partial charge in [-0.2, -0.15) is 13.2 Å². The van der Waals surface area contributed by atoms with Gasteiger partial charge in [0.25, 0.3) is 0 Å². The third kappa shape index (κ3) is 6.88. The number of methoxy groups -OCH3 is 1. The lowest BCUT2D eigenvalue weighted by Gasteiger charge is -2.22. The van der Waals surface area contributed by atoms with E-state index in [0.717, 1.165) is 6.07 Å². The van der Waals surface area contributed by atoms with Crippen molar-refractivity contribution in [2.45, 2.75) is 19.1 Å². The van der Waals surface area contributed by atoms with Gasteiger partial charge in [0.15, 0.2) is 0 Å². The lowest BCUT2D eigenvalue weighted by atomic mass is 10.1. The Labute approximate surface area is 127 Å².